The van der Waals surface area contributed by atoms with E-state index in [0.29, 0.717) is 16.6 Å². The molecule has 6 nitrogen and oxygen atoms in total. The number of benzene rings is 1. The molecule has 2 atom stereocenters. The zero-order valence-corrected chi connectivity index (χ0v) is 17.1. The Hall–Kier alpha value is -1.13. The Balaban J connectivity index is 1.85. The predicted octanol–water partition coefficient (Wildman–Crippen LogP) is 2.14. The average Bonchev–Trinajstić information content (AvgIpc) is 3.16. The first kappa shape index (κ1) is 19.6. The van der Waals surface area contributed by atoms with E-state index in [9.17, 15) is 16.8 Å². The van der Waals surface area contributed by atoms with Crippen LogP contribution < -0.4 is 10.1 Å². The summed E-state index contributed by atoms with van der Waals surface area (Å²) in [7, 11) is -5.70. The highest BCUT2D eigenvalue weighted by molar-refractivity contribution is 7.97. The molecule has 1 aliphatic heterocycles. The summed E-state index contributed by atoms with van der Waals surface area (Å²) in [5, 5.41) is 2.05. The summed E-state index contributed by atoms with van der Waals surface area (Å²) in [6.07, 6.45) is 0. The second-order valence-corrected chi connectivity index (χ2v) is 12.3. The molecule has 1 saturated heterocycles. The van der Waals surface area contributed by atoms with Crippen LogP contribution in [0.25, 0.3) is 0 Å². The van der Waals surface area contributed by atoms with Crippen molar-refractivity contribution in [3.63, 3.8) is 0 Å². The summed E-state index contributed by atoms with van der Waals surface area (Å²) in [5.41, 5.74) is 0.828. The highest BCUT2D eigenvalue weighted by Gasteiger charge is 2.46. The number of thiophene rings is 1. The summed E-state index contributed by atoms with van der Waals surface area (Å²) in [6, 6.07) is 9.53. The van der Waals surface area contributed by atoms with Crippen LogP contribution in [0.5, 0.6) is 5.75 Å². The molecule has 0 spiro atoms. The largest absolute Gasteiger partial charge is 0.496 e. The molecule has 0 saturated carbocycles. The highest BCUT2D eigenvalue weighted by Crippen LogP contribution is 2.32. The quantitative estimate of drug-likeness (QED) is 0.747. The Labute approximate surface area is 162 Å². The van der Waals surface area contributed by atoms with Crippen molar-refractivity contribution >= 4 is 42.6 Å². The first-order chi connectivity index (χ1) is 12.2. The molecule has 1 aromatic heterocycles. The summed E-state index contributed by atoms with van der Waals surface area (Å²) >= 11 is 6.79. The van der Waals surface area contributed by atoms with E-state index in [4.69, 9.17) is 16.3 Å². The minimum atomic E-state index is -3.80. The van der Waals surface area contributed by atoms with Gasteiger partial charge < -0.3 is 10.1 Å². The topological polar surface area (TPSA) is 89.5 Å². The van der Waals surface area contributed by atoms with Gasteiger partial charge in [0, 0.05) is 18.2 Å². The number of nitrogens with one attached hydrogen (secondary N) is 1. The third kappa shape index (κ3) is 4.07. The molecule has 26 heavy (non-hydrogen) atoms. The molecule has 3 rings (SSSR count). The van der Waals surface area contributed by atoms with E-state index in [0.717, 1.165) is 16.9 Å². The molecule has 0 aliphatic carbocycles. The van der Waals surface area contributed by atoms with Crippen LogP contribution in [0.1, 0.15) is 5.56 Å². The fourth-order valence-corrected chi connectivity index (χ4v) is 9.43. The highest BCUT2D eigenvalue weighted by atomic mass is 35.5. The van der Waals surface area contributed by atoms with E-state index >= 15 is 0 Å². The zero-order valence-electron chi connectivity index (χ0n) is 13.9. The lowest BCUT2D eigenvalue weighted by Crippen LogP contribution is -2.42. The Kier molecular flexibility index (Phi) is 5.64. The van der Waals surface area contributed by atoms with Gasteiger partial charge in [-0.15, -0.1) is 11.3 Å². The number of rotatable bonds is 6. The van der Waals surface area contributed by atoms with Gasteiger partial charge in [-0.3, -0.25) is 0 Å². The van der Waals surface area contributed by atoms with Crippen LogP contribution in [0.3, 0.4) is 0 Å². The lowest BCUT2D eigenvalue weighted by Gasteiger charge is -2.20. The van der Waals surface area contributed by atoms with Crippen LogP contribution in [-0.4, -0.2) is 46.7 Å². The number of para-hydroxylation sites is 1. The average molecular weight is 436 g/mol. The number of hydrogen-bond acceptors (Lipinski definition) is 7. The van der Waals surface area contributed by atoms with E-state index in [-0.39, 0.29) is 9.96 Å². The maximum Gasteiger partial charge on any atom is 0.193 e. The van der Waals surface area contributed by atoms with Crippen molar-refractivity contribution in [2.24, 2.45) is 0 Å². The van der Waals surface area contributed by atoms with Gasteiger partial charge in [0.25, 0.3) is 0 Å². The first-order valence-corrected chi connectivity index (χ1v) is 12.3. The molecule has 1 N–H and O–H groups in total. The van der Waals surface area contributed by atoms with E-state index in [1.165, 1.54) is 12.1 Å². The molecule has 0 bridgehead atoms. The number of halogens is 1. The molecule has 1 aromatic carbocycles. The van der Waals surface area contributed by atoms with E-state index in [2.05, 4.69) is 5.32 Å². The second-order valence-electron chi connectivity index (χ2n) is 6.02. The van der Waals surface area contributed by atoms with Gasteiger partial charge in [0.15, 0.2) is 19.7 Å². The maximum atomic E-state index is 12.9. The molecule has 1 aliphatic rings. The van der Waals surface area contributed by atoms with Gasteiger partial charge in [0.1, 0.15) is 9.96 Å². The molecule has 10 heteroatoms. The van der Waals surface area contributed by atoms with Crippen molar-refractivity contribution in [1.29, 1.82) is 0 Å². The normalized spacial score (nSPS) is 22.4. The summed E-state index contributed by atoms with van der Waals surface area (Å²) in [5.74, 6) is 0.0462. The molecule has 1 fully saturated rings. The lowest BCUT2D eigenvalue weighted by atomic mass is 10.1. The molecule has 2 heterocycles. The van der Waals surface area contributed by atoms with Gasteiger partial charge in [-0.2, -0.15) is 0 Å². The zero-order chi connectivity index (χ0) is 18.9. The molecule has 0 radical (unpaired) electrons. The van der Waals surface area contributed by atoms with Crippen LogP contribution in [0.4, 0.5) is 0 Å². The monoisotopic (exact) mass is 435 g/mol. The van der Waals surface area contributed by atoms with Gasteiger partial charge in [0.2, 0.25) is 0 Å². The van der Waals surface area contributed by atoms with Gasteiger partial charge in [-0.25, -0.2) is 16.8 Å². The van der Waals surface area contributed by atoms with Gasteiger partial charge in [0.05, 0.1) is 28.2 Å². The van der Waals surface area contributed by atoms with Crippen molar-refractivity contribution in [2.45, 2.75) is 22.0 Å². The minimum absolute atomic E-state index is 0.0914. The van der Waals surface area contributed by atoms with Crippen LogP contribution in [-0.2, 0) is 26.2 Å². The predicted molar refractivity (Wildman–Crippen MR) is 103 cm³/mol. The maximum absolute atomic E-state index is 12.9. The molecule has 142 valence electrons. The third-order valence-corrected chi connectivity index (χ3v) is 10.2. The molecule has 2 aromatic rings. The minimum Gasteiger partial charge on any atom is -0.496 e. The van der Waals surface area contributed by atoms with Crippen molar-refractivity contribution in [2.75, 3.05) is 18.6 Å². The van der Waals surface area contributed by atoms with Crippen LogP contribution in [0.15, 0.2) is 40.6 Å². The van der Waals surface area contributed by atoms with Gasteiger partial charge in [-0.1, -0.05) is 29.8 Å². The Morgan fingerprint density at radius 2 is 1.96 bits per heavy atom. The standard InChI is InChI=1S/C16H18ClNO5S3/c1-23-13-5-3-2-4-11(13)8-18-12-9-25(19,20)10-14(12)26(21,22)16-7-6-15(17)24-16/h2-7,12,14,18H,8-10H2,1H3/t12-,14-/m0/s1. The molecule has 0 unspecified atom stereocenters. The Morgan fingerprint density at radius 1 is 1.23 bits per heavy atom. The van der Waals surface area contributed by atoms with Crippen molar-refractivity contribution in [3.05, 3.63) is 46.3 Å². The van der Waals surface area contributed by atoms with E-state index < -0.39 is 36.7 Å². The summed E-state index contributed by atoms with van der Waals surface area (Å²) in [4.78, 5) is 0. The van der Waals surface area contributed by atoms with Crippen molar-refractivity contribution in [1.82, 2.24) is 5.32 Å². The number of methoxy groups -OCH3 is 1. The first-order valence-electron chi connectivity index (χ1n) is 7.78. The van der Waals surface area contributed by atoms with Crippen LogP contribution in [0.2, 0.25) is 4.34 Å². The molecular formula is C16H18ClNO5S3. The third-order valence-electron chi connectivity index (χ3n) is 4.28. The van der Waals surface area contributed by atoms with E-state index in [1.807, 2.05) is 18.2 Å². The Bertz CT molecular complexity index is 1000. The smallest absolute Gasteiger partial charge is 0.193 e. The van der Waals surface area contributed by atoms with E-state index in [1.54, 1.807) is 13.2 Å². The van der Waals surface area contributed by atoms with Crippen LogP contribution in [0, 0.1) is 0 Å². The number of ether oxygens (including phenoxy) is 1. The summed E-state index contributed by atoms with van der Waals surface area (Å²) in [6.45, 7) is 0.307. The Morgan fingerprint density at radius 3 is 2.62 bits per heavy atom. The lowest BCUT2D eigenvalue weighted by molar-refractivity contribution is 0.406. The summed E-state index contributed by atoms with van der Waals surface area (Å²) < 4.78 is 55.8. The van der Waals surface area contributed by atoms with Crippen molar-refractivity contribution in [3.8, 4) is 5.75 Å². The number of sulfone groups is 2. The number of hydrogen-bond donors (Lipinski definition) is 1. The molecule has 0 amide bonds. The van der Waals surface area contributed by atoms with Gasteiger partial charge >= 0.3 is 0 Å². The van der Waals surface area contributed by atoms with Gasteiger partial charge in [-0.05, 0) is 18.2 Å². The van der Waals surface area contributed by atoms with Crippen LogP contribution >= 0.6 is 22.9 Å². The SMILES string of the molecule is COc1ccccc1CN[C@H]1CS(=O)(=O)C[C@@H]1S(=O)(=O)c1ccc(Cl)s1. The second kappa shape index (κ2) is 7.47. The fraction of sp³-hybridized carbons (Fsp3) is 0.375. The molecular weight excluding hydrogens is 418 g/mol. The fourth-order valence-electron chi connectivity index (χ4n) is 3.00. The van der Waals surface area contributed by atoms with Crippen molar-refractivity contribution < 1.29 is 21.6 Å².